The second-order valence-corrected chi connectivity index (χ2v) is 2.71. The third kappa shape index (κ3) is 1.47. The van der Waals surface area contributed by atoms with E-state index < -0.39 is 12.1 Å². The summed E-state index contributed by atoms with van der Waals surface area (Å²) < 4.78 is 14.3. The van der Waals surface area contributed by atoms with Crippen molar-refractivity contribution >= 4 is 5.97 Å². The van der Waals surface area contributed by atoms with Crippen LogP contribution in [-0.2, 0) is 7.05 Å². The summed E-state index contributed by atoms with van der Waals surface area (Å²) in [5.41, 5.74) is 0.262. The molecule has 1 heterocycles. The molecule has 0 aliphatic heterocycles. The number of hydrogen-bond acceptors (Lipinski definition) is 1. The lowest BCUT2D eigenvalue weighted by molar-refractivity contribution is 0.0694. The summed E-state index contributed by atoms with van der Waals surface area (Å²) in [6.45, 7) is 1.32. The van der Waals surface area contributed by atoms with E-state index >= 15 is 0 Å². The van der Waals surface area contributed by atoms with Crippen molar-refractivity contribution in [3.8, 4) is 0 Å². The minimum atomic E-state index is -1.24. The number of rotatable bonds is 2. The van der Waals surface area contributed by atoms with Crippen LogP contribution < -0.4 is 0 Å². The summed E-state index contributed by atoms with van der Waals surface area (Å²) >= 11 is 0. The fourth-order valence-electron chi connectivity index (χ4n) is 1.10. The first-order valence-electron chi connectivity index (χ1n) is 3.55. The standard InChI is InChI=1S/C8H10FNO2/c1-5(9)6-3-10(2)4-7(6)8(11)12/h3-5H,1-2H3,(H,11,12). The Labute approximate surface area is 69.4 Å². The molecule has 0 radical (unpaired) electrons. The van der Waals surface area contributed by atoms with Crippen molar-refractivity contribution in [2.45, 2.75) is 13.1 Å². The molecule has 0 aromatic carbocycles. The molecule has 1 aromatic rings. The van der Waals surface area contributed by atoms with Gasteiger partial charge in [-0.3, -0.25) is 0 Å². The SMILES string of the molecule is CC(F)c1cn(C)cc1C(=O)O. The van der Waals surface area contributed by atoms with Crippen LogP contribution in [0, 0.1) is 0 Å². The zero-order valence-electron chi connectivity index (χ0n) is 6.91. The molecular formula is C8H10FNO2. The van der Waals surface area contributed by atoms with Crippen LogP contribution in [0.5, 0.6) is 0 Å². The molecule has 4 heteroatoms. The highest BCUT2D eigenvalue weighted by molar-refractivity contribution is 5.89. The van der Waals surface area contributed by atoms with Crippen molar-refractivity contribution in [2.75, 3.05) is 0 Å². The molecule has 0 spiro atoms. The van der Waals surface area contributed by atoms with E-state index in [0.29, 0.717) is 0 Å². The maximum absolute atomic E-state index is 12.8. The van der Waals surface area contributed by atoms with E-state index in [4.69, 9.17) is 5.11 Å². The quantitative estimate of drug-likeness (QED) is 0.736. The molecule has 0 aliphatic rings. The number of aryl methyl sites for hydroxylation is 1. The van der Waals surface area contributed by atoms with Gasteiger partial charge >= 0.3 is 5.97 Å². The Morgan fingerprint density at radius 1 is 1.67 bits per heavy atom. The van der Waals surface area contributed by atoms with Crippen LogP contribution in [0.3, 0.4) is 0 Å². The van der Waals surface area contributed by atoms with E-state index in [0.717, 1.165) is 0 Å². The number of halogens is 1. The van der Waals surface area contributed by atoms with Crippen LogP contribution in [0.4, 0.5) is 4.39 Å². The smallest absolute Gasteiger partial charge is 0.337 e. The zero-order valence-corrected chi connectivity index (χ0v) is 6.91. The maximum atomic E-state index is 12.8. The van der Waals surface area contributed by atoms with Gasteiger partial charge in [-0.1, -0.05) is 0 Å². The Morgan fingerprint density at radius 3 is 2.58 bits per heavy atom. The fourth-order valence-corrected chi connectivity index (χ4v) is 1.10. The van der Waals surface area contributed by atoms with Gasteiger partial charge in [0.15, 0.2) is 0 Å². The van der Waals surface area contributed by atoms with Gasteiger partial charge in [-0.2, -0.15) is 0 Å². The fraction of sp³-hybridized carbons (Fsp3) is 0.375. The average Bonchev–Trinajstić information content (AvgIpc) is 2.31. The normalized spacial score (nSPS) is 12.9. The molecule has 0 aliphatic carbocycles. The van der Waals surface area contributed by atoms with Gasteiger partial charge in [0, 0.05) is 25.0 Å². The van der Waals surface area contributed by atoms with Crippen LogP contribution >= 0.6 is 0 Å². The number of carboxylic acid groups (broad SMARTS) is 1. The Bertz CT molecular complexity index is 304. The predicted octanol–water partition coefficient (Wildman–Crippen LogP) is 1.75. The summed E-state index contributed by atoms with van der Waals surface area (Å²) in [5.74, 6) is -1.09. The first-order chi connectivity index (χ1) is 5.52. The summed E-state index contributed by atoms with van der Waals surface area (Å²) in [4.78, 5) is 10.6. The van der Waals surface area contributed by atoms with Crippen LogP contribution in [-0.4, -0.2) is 15.6 Å². The van der Waals surface area contributed by atoms with Gasteiger partial charge < -0.3 is 9.67 Å². The van der Waals surface area contributed by atoms with Gasteiger partial charge in [0.25, 0.3) is 0 Å². The van der Waals surface area contributed by atoms with Gasteiger partial charge in [0.05, 0.1) is 5.56 Å². The first kappa shape index (κ1) is 8.77. The summed E-state index contributed by atoms with van der Waals surface area (Å²) in [6, 6.07) is 0. The second kappa shape index (κ2) is 2.97. The molecule has 1 aromatic heterocycles. The van der Waals surface area contributed by atoms with Gasteiger partial charge in [-0.05, 0) is 6.92 Å². The first-order valence-corrected chi connectivity index (χ1v) is 3.55. The topological polar surface area (TPSA) is 42.2 Å². The zero-order chi connectivity index (χ0) is 9.30. The molecule has 66 valence electrons. The number of aromatic nitrogens is 1. The number of alkyl halides is 1. The highest BCUT2D eigenvalue weighted by atomic mass is 19.1. The monoisotopic (exact) mass is 171 g/mol. The van der Waals surface area contributed by atoms with Crippen molar-refractivity contribution in [2.24, 2.45) is 7.05 Å². The van der Waals surface area contributed by atoms with E-state index in [9.17, 15) is 9.18 Å². The Hall–Kier alpha value is -1.32. The van der Waals surface area contributed by atoms with E-state index in [1.165, 1.54) is 23.9 Å². The van der Waals surface area contributed by atoms with Crippen molar-refractivity contribution in [1.82, 2.24) is 4.57 Å². The molecule has 3 nitrogen and oxygen atoms in total. The highest BCUT2D eigenvalue weighted by Crippen LogP contribution is 2.21. The third-order valence-corrected chi connectivity index (χ3v) is 1.65. The number of carbonyl (C=O) groups is 1. The molecule has 1 unspecified atom stereocenters. The number of nitrogens with zero attached hydrogens (tertiary/aromatic N) is 1. The van der Waals surface area contributed by atoms with E-state index in [1.54, 1.807) is 7.05 Å². The average molecular weight is 171 g/mol. The lowest BCUT2D eigenvalue weighted by Crippen LogP contribution is -1.99. The molecule has 12 heavy (non-hydrogen) atoms. The van der Waals surface area contributed by atoms with Gasteiger partial charge in [0.2, 0.25) is 0 Å². The molecule has 0 bridgehead atoms. The van der Waals surface area contributed by atoms with E-state index in [2.05, 4.69) is 0 Å². The summed E-state index contributed by atoms with van der Waals surface area (Å²) in [5, 5.41) is 8.65. The van der Waals surface area contributed by atoms with Gasteiger partial charge in [0.1, 0.15) is 6.17 Å². The minimum Gasteiger partial charge on any atom is -0.478 e. The molecule has 0 amide bonds. The largest absolute Gasteiger partial charge is 0.478 e. The van der Waals surface area contributed by atoms with Crippen LogP contribution in [0.2, 0.25) is 0 Å². The van der Waals surface area contributed by atoms with Gasteiger partial charge in [-0.25, -0.2) is 9.18 Å². The van der Waals surface area contributed by atoms with Crippen LogP contribution in [0.1, 0.15) is 29.0 Å². The van der Waals surface area contributed by atoms with Crippen molar-refractivity contribution in [3.63, 3.8) is 0 Å². The molecule has 1 rings (SSSR count). The summed E-state index contributed by atoms with van der Waals surface area (Å²) in [7, 11) is 1.66. The third-order valence-electron chi connectivity index (χ3n) is 1.65. The maximum Gasteiger partial charge on any atom is 0.337 e. The minimum absolute atomic E-state index is 0.0347. The van der Waals surface area contributed by atoms with Gasteiger partial charge in [-0.15, -0.1) is 0 Å². The van der Waals surface area contributed by atoms with Crippen LogP contribution in [0.25, 0.3) is 0 Å². The van der Waals surface area contributed by atoms with Crippen molar-refractivity contribution in [1.29, 1.82) is 0 Å². The molecule has 1 atom stereocenters. The van der Waals surface area contributed by atoms with Crippen molar-refractivity contribution < 1.29 is 14.3 Å². The van der Waals surface area contributed by atoms with Crippen molar-refractivity contribution in [3.05, 3.63) is 23.5 Å². The molecule has 0 fully saturated rings. The lowest BCUT2D eigenvalue weighted by atomic mass is 10.1. The predicted molar refractivity (Wildman–Crippen MR) is 41.9 cm³/mol. The molecule has 0 saturated carbocycles. The number of aromatic carboxylic acids is 1. The second-order valence-electron chi connectivity index (χ2n) is 2.71. The summed E-state index contributed by atoms with van der Waals surface area (Å²) in [6.07, 6.45) is 1.64. The Balaban J connectivity index is 3.17. The number of carboxylic acids is 1. The molecule has 0 saturated heterocycles. The molecular weight excluding hydrogens is 161 g/mol. The number of hydrogen-bond donors (Lipinski definition) is 1. The van der Waals surface area contributed by atoms with E-state index in [1.807, 2.05) is 0 Å². The Kier molecular flexibility index (Phi) is 2.17. The Morgan fingerprint density at radius 2 is 2.25 bits per heavy atom. The van der Waals surface area contributed by atoms with Crippen LogP contribution in [0.15, 0.2) is 12.4 Å². The molecule has 1 N–H and O–H groups in total. The highest BCUT2D eigenvalue weighted by Gasteiger charge is 2.16. The van der Waals surface area contributed by atoms with E-state index in [-0.39, 0.29) is 11.1 Å². The lowest BCUT2D eigenvalue weighted by Gasteiger charge is -1.98.